The lowest BCUT2D eigenvalue weighted by molar-refractivity contribution is -0.146. The van der Waals surface area contributed by atoms with Crippen molar-refractivity contribution in [2.75, 3.05) is 26.7 Å². The molecule has 0 aromatic carbocycles. The van der Waals surface area contributed by atoms with E-state index in [-0.39, 0.29) is 23.7 Å². The Morgan fingerprint density at radius 2 is 1.71 bits per heavy atom. The van der Waals surface area contributed by atoms with Gasteiger partial charge in [-0.1, -0.05) is 6.92 Å². The van der Waals surface area contributed by atoms with E-state index in [9.17, 15) is 9.59 Å². The Kier molecular flexibility index (Phi) is 5.25. The number of amides is 1. The van der Waals surface area contributed by atoms with Crippen LogP contribution >= 0.6 is 0 Å². The van der Waals surface area contributed by atoms with Crippen LogP contribution in [0.1, 0.15) is 40.0 Å². The van der Waals surface area contributed by atoms with E-state index in [2.05, 4.69) is 25.7 Å². The van der Waals surface area contributed by atoms with Gasteiger partial charge in [-0.15, -0.1) is 0 Å². The summed E-state index contributed by atoms with van der Waals surface area (Å²) in [6, 6.07) is 0.662. The van der Waals surface area contributed by atoms with Gasteiger partial charge in [0, 0.05) is 25.2 Å². The van der Waals surface area contributed by atoms with E-state index in [4.69, 9.17) is 4.74 Å². The average molecular weight is 296 g/mol. The van der Waals surface area contributed by atoms with Crippen molar-refractivity contribution in [3.8, 4) is 0 Å². The van der Waals surface area contributed by atoms with E-state index in [0.29, 0.717) is 25.2 Å². The molecule has 0 N–H and O–H groups in total. The molecule has 2 rings (SSSR count). The summed E-state index contributed by atoms with van der Waals surface area (Å²) in [5.74, 6) is 0.199. The summed E-state index contributed by atoms with van der Waals surface area (Å²) in [7, 11) is 1.43. The zero-order valence-corrected chi connectivity index (χ0v) is 13.7. The fourth-order valence-electron chi connectivity index (χ4n) is 3.84. The van der Waals surface area contributed by atoms with Crippen LogP contribution in [0.4, 0.5) is 0 Å². The predicted octanol–water partition coefficient (Wildman–Crippen LogP) is 1.52. The minimum absolute atomic E-state index is 0.0981. The zero-order chi connectivity index (χ0) is 15.6. The summed E-state index contributed by atoms with van der Waals surface area (Å²) < 4.78 is 4.85. The molecule has 2 fully saturated rings. The van der Waals surface area contributed by atoms with E-state index >= 15 is 0 Å². The van der Waals surface area contributed by atoms with Crippen molar-refractivity contribution < 1.29 is 14.3 Å². The highest BCUT2D eigenvalue weighted by Gasteiger charge is 2.37. The fraction of sp³-hybridized carbons (Fsp3) is 0.875. The van der Waals surface area contributed by atoms with Crippen molar-refractivity contribution in [3.63, 3.8) is 0 Å². The van der Waals surface area contributed by atoms with Crippen LogP contribution in [-0.4, -0.2) is 60.5 Å². The Balaban J connectivity index is 1.93. The first-order valence-electron chi connectivity index (χ1n) is 8.05. The van der Waals surface area contributed by atoms with Crippen LogP contribution in [0.5, 0.6) is 0 Å². The smallest absolute Gasteiger partial charge is 0.310 e. The van der Waals surface area contributed by atoms with Gasteiger partial charge < -0.3 is 9.64 Å². The number of carbonyl (C=O) groups is 2. The third-order valence-corrected chi connectivity index (χ3v) is 5.03. The first-order chi connectivity index (χ1) is 9.93. The fourth-order valence-corrected chi connectivity index (χ4v) is 3.84. The van der Waals surface area contributed by atoms with Crippen molar-refractivity contribution in [1.29, 1.82) is 0 Å². The Morgan fingerprint density at radius 1 is 1.10 bits per heavy atom. The molecular weight excluding hydrogens is 268 g/mol. The van der Waals surface area contributed by atoms with Crippen LogP contribution < -0.4 is 0 Å². The SMILES string of the molecule is COC(=O)C1CN(CC(=O)N2C(C)CCCC2C)CC1C. The molecule has 0 bridgehead atoms. The lowest BCUT2D eigenvalue weighted by atomic mass is 9.97. The number of rotatable bonds is 3. The summed E-state index contributed by atoms with van der Waals surface area (Å²) in [5.41, 5.74) is 0. The number of nitrogens with zero attached hydrogens (tertiary/aromatic N) is 2. The summed E-state index contributed by atoms with van der Waals surface area (Å²) in [6.07, 6.45) is 3.39. The van der Waals surface area contributed by atoms with E-state index in [1.54, 1.807) is 0 Å². The summed E-state index contributed by atoms with van der Waals surface area (Å²) >= 11 is 0. The van der Waals surface area contributed by atoms with Crippen molar-refractivity contribution in [2.45, 2.75) is 52.1 Å². The van der Waals surface area contributed by atoms with Gasteiger partial charge in [-0.25, -0.2) is 0 Å². The van der Waals surface area contributed by atoms with Crippen LogP contribution in [0, 0.1) is 11.8 Å². The molecule has 120 valence electrons. The normalized spacial score (nSPS) is 34.0. The van der Waals surface area contributed by atoms with Crippen molar-refractivity contribution in [2.24, 2.45) is 11.8 Å². The predicted molar refractivity (Wildman–Crippen MR) is 80.7 cm³/mol. The second-order valence-corrected chi connectivity index (χ2v) is 6.73. The highest BCUT2D eigenvalue weighted by atomic mass is 16.5. The van der Waals surface area contributed by atoms with E-state index in [0.717, 1.165) is 19.4 Å². The topological polar surface area (TPSA) is 49.9 Å². The lowest BCUT2D eigenvalue weighted by Crippen LogP contribution is -2.50. The molecular formula is C16H28N2O3. The molecule has 5 heteroatoms. The Hall–Kier alpha value is -1.10. The molecule has 5 nitrogen and oxygen atoms in total. The van der Waals surface area contributed by atoms with E-state index < -0.39 is 0 Å². The van der Waals surface area contributed by atoms with Crippen LogP contribution in [0.2, 0.25) is 0 Å². The van der Waals surface area contributed by atoms with Gasteiger partial charge in [-0.3, -0.25) is 14.5 Å². The molecule has 0 aromatic rings. The molecule has 0 radical (unpaired) electrons. The van der Waals surface area contributed by atoms with Gasteiger partial charge in [0.05, 0.1) is 19.6 Å². The Labute approximate surface area is 127 Å². The number of likely N-dealkylation sites (tertiary alicyclic amines) is 2. The molecule has 4 atom stereocenters. The summed E-state index contributed by atoms with van der Waals surface area (Å²) in [6.45, 7) is 8.18. The monoisotopic (exact) mass is 296 g/mol. The highest BCUT2D eigenvalue weighted by Crippen LogP contribution is 2.26. The lowest BCUT2D eigenvalue weighted by Gasteiger charge is -2.39. The first-order valence-corrected chi connectivity index (χ1v) is 8.05. The number of hydrogen-bond acceptors (Lipinski definition) is 4. The molecule has 2 aliphatic heterocycles. The van der Waals surface area contributed by atoms with Gasteiger partial charge in [-0.2, -0.15) is 0 Å². The number of piperidine rings is 1. The largest absolute Gasteiger partial charge is 0.469 e. The van der Waals surface area contributed by atoms with Crippen LogP contribution in [0.3, 0.4) is 0 Å². The van der Waals surface area contributed by atoms with Gasteiger partial charge in [0.1, 0.15) is 0 Å². The van der Waals surface area contributed by atoms with E-state index in [1.807, 2.05) is 4.90 Å². The number of methoxy groups -OCH3 is 1. The molecule has 0 spiro atoms. The van der Waals surface area contributed by atoms with Gasteiger partial charge >= 0.3 is 5.97 Å². The third-order valence-electron chi connectivity index (χ3n) is 5.03. The second-order valence-electron chi connectivity index (χ2n) is 6.73. The molecule has 0 aliphatic carbocycles. The maximum Gasteiger partial charge on any atom is 0.310 e. The van der Waals surface area contributed by atoms with Crippen molar-refractivity contribution in [1.82, 2.24) is 9.80 Å². The minimum atomic E-state index is -0.155. The summed E-state index contributed by atoms with van der Waals surface area (Å²) in [5, 5.41) is 0. The second kappa shape index (κ2) is 6.77. The molecule has 0 saturated carbocycles. The summed E-state index contributed by atoms with van der Waals surface area (Å²) in [4.78, 5) is 28.5. The van der Waals surface area contributed by atoms with Crippen LogP contribution in [0.25, 0.3) is 0 Å². The quantitative estimate of drug-likeness (QED) is 0.741. The Morgan fingerprint density at radius 3 is 2.29 bits per heavy atom. The standard InChI is InChI=1S/C16H28N2O3/c1-11-8-17(9-14(11)16(20)21-4)10-15(19)18-12(2)6-5-7-13(18)3/h11-14H,5-10H2,1-4H3. The molecule has 1 amide bonds. The molecule has 4 unspecified atom stereocenters. The first kappa shape index (κ1) is 16.3. The molecule has 0 aromatic heterocycles. The number of hydrogen-bond donors (Lipinski definition) is 0. The van der Waals surface area contributed by atoms with Gasteiger partial charge in [0.15, 0.2) is 0 Å². The molecule has 2 aliphatic rings. The van der Waals surface area contributed by atoms with Crippen LogP contribution in [0.15, 0.2) is 0 Å². The highest BCUT2D eigenvalue weighted by molar-refractivity contribution is 5.79. The minimum Gasteiger partial charge on any atom is -0.469 e. The molecule has 2 heterocycles. The number of ether oxygens (including phenoxy) is 1. The third kappa shape index (κ3) is 3.57. The maximum absolute atomic E-state index is 12.6. The number of esters is 1. The van der Waals surface area contributed by atoms with Crippen molar-refractivity contribution in [3.05, 3.63) is 0 Å². The van der Waals surface area contributed by atoms with Crippen LogP contribution in [-0.2, 0) is 14.3 Å². The Bertz CT molecular complexity index is 389. The molecule has 21 heavy (non-hydrogen) atoms. The van der Waals surface area contributed by atoms with Gasteiger partial charge in [0.2, 0.25) is 5.91 Å². The average Bonchev–Trinajstić information content (AvgIpc) is 2.78. The van der Waals surface area contributed by atoms with E-state index in [1.165, 1.54) is 13.5 Å². The van der Waals surface area contributed by atoms with Gasteiger partial charge in [-0.05, 0) is 39.0 Å². The van der Waals surface area contributed by atoms with Gasteiger partial charge in [0.25, 0.3) is 0 Å². The zero-order valence-electron chi connectivity index (χ0n) is 13.7. The number of carbonyl (C=O) groups excluding carboxylic acids is 2. The molecule has 2 saturated heterocycles. The van der Waals surface area contributed by atoms with Crippen molar-refractivity contribution >= 4 is 11.9 Å². The maximum atomic E-state index is 12.6.